The van der Waals surface area contributed by atoms with Crippen LogP contribution in [-0.4, -0.2) is 36.6 Å². The standard InChI is InChI=1S/C17H15N3O5S/c1-10(13-6-7-14(26-13)17(23)24)18-19-15(21)8-20-11-4-2-3-5-12(11)25-9-16(20)22/h2-7H,8-9H2,1H3,(H,19,21)(H,23,24)/p-1/b18-10-. The second-order valence-electron chi connectivity index (χ2n) is 5.42. The normalized spacial score (nSPS) is 13.8. The number of rotatable bonds is 5. The third-order valence-electron chi connectivity index (χ3n) is 3.62. The summed E-state index contributed by atoms with van der Waals surface area (Å²) in [5, 5.41) is 14.8. The molecule has 0 atom stereocenters. The van der Waals surface area contributed by atoms with Crippen molar-refractivity contribution in [3.05, 3.63) is 46.2 Å². The molecule has 0 saturated carbocycles. The molecule has 2 amide bonds. The van der Waals surface area contributed by atoms with Crippen LogP contribution in [0.4, 0.5) is 5.69 Å². The van der Waals surface area contributed by atoms with Crippen molar-refractivity contribution in [2.24, 2.45) is 5.10 Å². The maximum absolute atomic E-state index is 12.2. The molecule has 0 radical (unpaired) electrons. The van der Waals surface area contributed by atoms with E-state index in [0.717, 1.165) is 11.3 Å². The van der Waals surface area contributed by atoms with Crippen molar-refractivity contribution in [3.8, 4) is 5.75 Å². The second-order valence-corrected chi connectivity index (χ2v) is 6.50. The molecule has 1 N–H and O–H groups in total. The largest absolute Gasteiger partial charge is 0.544 e. The van der Waals surface area contributed by atoms with Gasteiger partial charge in [-0.2, -0.15) is 5.10 Å². The molecule has 1 aromatic carbocycles. The number of aromatic carboxylic acids is 1. The van der Waals surface area contributed by atoms with E-state index < -0.39 is 11.9 Å². The van der Waals surface area contributed by atoms with E-state index in [2.05, 4.69) is 10.5 Å². The number of hydrogen-bond donors (Lipinski definition) is 1. The average molecular weight is 372 g/mol. The number of nitrogens with zero attached hydrogens (tertiary/aromatic N) is 2. The number of nitrogens with one attached hydrogen (secondary N) is 1. The number of fused-ring (bicyclic) bond motifs is 1. The molecule has 0 spiro atoms. The lowest BCUT2D eigenvalue weighted by molar-refractivity contribution is -0.254. The summed E-state index contributed by atoms with van der Waals surface area (Å²) in [6.45, 7) is 1.30. The number of para-hydroxylation sites is 2. The van der Waals surface area contributed by atoms with Crippen molar-refractivity contribution in [1.29, 1.82) is 0 Å². The summed E-state index contributed by atoms with van der Waals surface area (Å²) in [7, 11) is 0. The van der Waals surface area contributed by atoms with Gasteiger partial charge in [0.15, 0.2) is 6.61 Å². The van der Waals surface area contributed by atoms with Crippen LogP contribution in [0.25, 0.3) is 0 Å². The average Bonchev–Trinajstić information content (AvgIpc) is 3.13. The van der Waals surface area contributed by atoms with Crippen molar-refractivity contribution in [1.82, 2.24) is 5.43 Å². The summed E-state index contributed by atoms with van der Waals surface area (Å²) in [4.78, 5) is 37.0. The molecule has 9 heteroatoms. The number of anilines is 1. The van der Waals surface area contributed by atoms with Crippen molar-refractivity contribution < 1.29 is 24.2 Å². The van der Waals surface area contributed by atoms with Gasteiger partial charge in [-0.05, 0) is 31.2 Å². The van der Waals surface area contributed by atoms with E-state index in [-0.39, 0.29) is 23.9 Å². The molecule has 3 rings (SSSR count). The van der Waals surface area contributed by atoms with Crippen LogP contribution < -0.4 is 20.2 Å². The molecule has 26 heavy (non-hydrogen) atoms. The van der Waals surface area contributed by atoms with Crippen LogP contribution in [0.1, 0.15) is 21.5 Å². The number of hydrogen-bond acceptors (Lipinski definition) is 7. The van der Waals surface area contributed by atoms with E-state index in [4.69, 9.17) is 4.74 Å². The molecule has 0 bridgehead atoms. The van der Waals surface area contributed by atoms with Crippen molar-refractivity contribution in [2.75, 3.05) is 18.1 Å². The number of carboxylic acid groups (broad SMARTS) is 1. The molecule has 0 aliphatic carbocycles. The molecule has 8 nitrogen and oxygen atoms in total. The Bertz CT molecular complexity index is 905. The molecule has 0 saturated heterocycles. The fourth-order valence-corrected chi connectivity index (χ4v) is 3.14. The van der Waals surface area contributed by atoms with Gasteiger partial charge in [-0.15, -0.1) is 11.3 Å². The molecule has 1 aromatic heterocycles. The Hall–Kier alpha value is -3.20. The molecule has 134 valence electrons. The molecular formula is C17H14N3O5S-. The highest BCUT2D eigenvalue weighted by atomic mass is 32.1. The third-order valence-corrected chi connectivity index (χ3v) is 4.80. The van der Waals surface area contributed by atoms with Crippen molar-refractivity contribution in [3.63, 3.8) is 0 Å². The molecule has 1 aliphatic heterocycles. The maximum atomic E-state index is 12.2. The first kappa shape index (κ1) is 17.6. The van der Waals surface area contributed by atoms with Crippen LogP contribution in [0.3, 0.4) is 0 Å². The van der Waals surface area contributed by atoms with E-state index >= 15 is 0 Å². The summed E-state index contributed by atoms with van der Waals surface area (Å²) in [5.41, 5.74) is 3.35. The number of ether oxygens (including phenoxy) is 1. The summed E-state index contributed by atoms with van der Waals surface area (Å²) >= 11 is 1.00. The van der Waals surface area contributed by atoms with Gasteiger partial charge in [0.25, 0.3) is 11.8 Å². The van der Waals surface area contributed by atoms with Gasteiger partial charge in [0, 0.05) is 0 Å². The zero-order chi connectivity index (χ0) is 18.7. The SMILES string of the molecule is C/C(=N/NC(=O)CN1C(=O)COc2ccccc21)c1ccc(C(=O)[O-])s1. The predicted molar refractivity (Wildman–Crippen MR) is 93.3 cm³/mol. The molecule has 0 unspecified atom stereocenters. The lowest BCUT2D eigenvalue weighted by Gasteiger charge is -2.28. The summed E-state index contributed by atoms with van der Waals surface area (Å²) in [6, 6.07) is 9.95. The van der Waals surface area contributed by atoms with Gasteiger partial charge in [0.1, 0.15) is 12.3 Å². The van der Waals surface area contributed by atoms with Crippen molar-refractivity contribution >= 4 is 40.5 Å². The topological polar surface area (TPSA) is 111 Å². The minimum Gasteiger partial charge on any atom is -0.544 e. The van der Waals surface area contributed by atoms with Gasteiger partial charge >= 0.3 is 0 Å². The highest BCUT2D eigenvalue weighted by Crippen LogP contribution is 2.31. The first-order valence-corrected chi connectivity index (χ1v) is 8.44. The van der Waals surface area contributed by atoms with Gasteiger partial charge in [0.2, 0.25) is 0 Å². The van der Waals surface area contributed by atoms with E-state index in [1.54, 1.807) is 37.3 Å². The smallest absolute Gasteiger partial charge is 0.265 e. The van der Waals surface area contributed by atoms with Crippen LogP contribution in [-0.2, 0) is 9.59 Å². The molecule has 0 fully saturated rings. The summed E-state index contributed by atoms with van der Waals surface area (Å²) in [6.07, 6.45) is 0. The van der Waals surface area contributed by atoms with E-state index in [1.165, 1.54) is 11.0 Å². The van der Waals surface area contributed by atoms with Crippen LogP contribution >= 0.6 is 11.3 Å². The number of thiophene rings is 1. The Morgan fingerprint density at radius 1 is 1.27 bits per heavy atom. The fraction of sp³-hybridized carbons (Fsp3) is 0.176. The van der Waals surface area contributed by atoms with E-state index in [0.29, 0.717) is 22.0 Å². The second kappa shape index (κ2) is 7.36. The zero-order valence-corrected chi connectivity index (χ0v) is 14.5. The van der Waals surface area contributed by atoms with Gasteiger partial charge < -0.3 is 14.6 Å². The first-order chi connectivity index (χ1) is 12.5. The number of amides is 2. The number of carbonyl (C=O) groups excluding carboxylic acids is 3. The zero-order valence-electron chi connectivity index (χ0n) is 13.7. The number of benzene rings is 1. The predicted octanol–water partition coefficient (Wildman–Crippen LogP) is 0.377. The highest BCUT2D eigenvalue weighted by Gasteiger charge is 2.26. The van der Waals surface area contributed by atoms with Crippen LogP contribution in [0.15, 0.2) is 41.5 Å². The van der Waals surface area contributed by atoms with Gasteiger partial charge in [-0.1, -0.05) is 12.1 Å². The van der Waals surface area contributed by atoms with E-state index in [1.807, 2.05) is 0 Å². The van der Waals surface area contributed by atoms with Crippen molar-refractivity contribution in [2.45, 2.75) is 6.92 Å². The first-order valence-electron chi connectivity index (χ1n) is 7.62. The third kappa shape index (κ3) is 3.72. The molecule has 2 aromatic rings. The minimum atomic E-state index is -1.26. The van der Waals surface area contributed by atoms with E-state index in [9.17, 15) is 19.5 Å². The Balaban J connectivity index is 1.67. The lowest BCUT2D eigenvalue weighted by Crippen LogP contribution is -2.44. The molecular weight excluding hydrogens is 358 g/mol. The fourth-order valence-electron chi connectivity index (χ4n) is 2.35. The Morgan fingerprint density at radius 3 is 2.73 bits per heavy atom. The van der Waals surface area contributed by atoms with Gasteiger partial charge in [-0.3, -0.25) is 14.5 Å². The summed E-state index contributed by atoms with van der Waals surface area (Å²) in [5.74, 6) is -1.53. The Morgan fingerprint density at radius 2 is 2.00 bits per heavy atom. The van der Waals surface area contributed by atoms with Crippen LogP contribution in [0, 0.1) is 0 Å². The number of carbonyl (C=O) groups is 3. The number of carboxylic acids is 1. The van der Waals surface area contributed by atoms with Gasteiger partial charge in [0.05, 0.1) is 27.1 Å². The molecule has 1 aliphatic rings. The van der Waals surface area contributed by atoms with Crippen LogP contribution in [0.2, 0.25) is 0 Å². The minimum absolute atomic E-state index is 0.0800. The Labute approximate surface area is 152 Å². The highest BCUT2D eigenvalue weighted by molar-refractivity contribution is 7.15. The van der Waals surface area contributed by atoms with Gasteiger partial charge in [-0.25, -0.2) is 5.43 Å². The Kier molecular flexibility index (Phi) is 4.99. The summed E-state index contributed by atoms with van der Waals surface area (Å²) < 4.78 is 5.32. The maximum Gasteiger partial charge on any atom is 0.265 e. The monoisotopic (exact) mass is 372 g/mol. The molecule has 2 heterocycles. The lowest BCUT2D eigenvalue weighted by atomic mass is 10.2. The quantitative estimate of drug-likeness (QED) is 0.602. The van der Waals surface area contributed by atoms with Crippen LogP contribution in [0.5, 0.6) is 5.75 Å². The number of hydrazone groups is 1.